The van der Waals surface area contributed by atoms with Crippen molar-refractivity contribution in [3.8, 4) is 5.75 Å². The fourth-order valence-electron chi connectivity index (χ4n) is 4.37. The van der Waals surface area contributed by atoms with Crippen molar-refractivity contribution in [2.45, 2.75) is 37.6 Å². The van der Waals surface area contributed by atoms with Crippen LogP contribution in [0.5, 0.6) is 5.75 Å². The van der Waals surface area contributed by atoms with E-state index in [1.807, 2.05) is 12.1 Å². The van der Waals surface area contributed by atoms with E-state index in [-0.39, 0.29) is 5.75 Å². The molecule has 0 unspecified atom stereocenters. The Morgan fingerprint density at radius 3 is 2.57 bits per heavy atom. The molecule has 2 aromatic rings. The Morgan fingerprint density at radius 2 is 1.77 bits per heavy atom. The molecule has 2 saturated heterocycles. The second-order valence-electron chi connectivity index (χ2n) is 8.38. The predicted octanol–water partition coefficient (Wildman–Crippen LogP) is 2.97. The van der Waals surface area contributed by atoms with Crippen LogP contribution in [0.25, 0.3) is 10.9 Å². The van der Waals surface area contributed by atoms with Crippen LogP contribution < -0.4 is 5.32 Å². The molecule has 7 nitrogen and oxygen atoms in total. The zero-order chi connectivity index (χ0) is 20.8. The Hall–Kier alpha value is -1.54. The van der Waals surface area contributed by atoms with Gasteiger partial charge in [0.2, 0.25) is 0 Å². The van der Waals surface area contributed by atoms with Crippen LogP contribution in [-0.4, -0.2) is 89.1 Å². The number of hydrogen-bond donors (Lipinski definition) is 2. The predicted molar refractivity (Wildman–Crippen MR) is 122 cm³/mol. The van der Waals surface area contributed by atoms with E-state index in [0.29, 0.717) is 5.38 Å². The Balaban J connectivity index is 1.31. The van der Waals surface area contributed by atoms with E-state index in [2.05, 4.69) is 19.8 Å². The third-order valence-corrected chi connectivity index (χ3v) is 6.58. The number of morpholine rings is 1. The Bertz CT molecular complexity index is 800. The van der Waals surface area contributed by atoms with Gasteiger partial charge in [-0.2, -0.15) is 5.10 Å². The van der Waals surface area contributed by atoms with Gasteiger partial charge in [0.15, 0.2) is 5.82 Å². The number of hydrogen-bond acceptors (Lipinski definition) is 6. The summed E-state index contributed by atoms with van der Waals surface area (Å²) in [6, 6.07) is 5.52. The van der Waals surface area contributed by atoms with Crippen LogP contribution in [0, 0.1) is 0 Å². The molecule has 1 aromatic carbocycles. The average molecular weight is 436 g/mol. The molecular weight excluding hydrogens is 402 g/mol. The second-order valence-corrected chi connectivity index (χ2v) is 8.99. The summed E-state index contributed by atoms with van der Waals surface area (Å²) in [5.41, 5.74) is 1.07. The van der Waals surface area contributed by atoms with Crippen molar-refractivity contribution in [1.82, 2.24) is 19.6 Å². The maximum atomic E-state index is 9.97. The molecule has 0 atom stereocenters. The summed E-state index contributed by atoms with van der Waals surface area (Å²) in [5, 5.41) is 19.6. The quantitative estimate of drug-likeness (QED) is 0.466. The molecule has 0 bridgehead atoms. The van der Waals surface area contributed by atoms with Crippen molar-refractivity contribution < 1.29 is 9.84 Å². The SMILES string of the molecule is Oc1ccc2c(c1)c(NCCCN1CCC(Cl)CC1)nn2CCCN1CCOCC1. The number of nitrogens with zero attached hydrogens (tertiary/aromatic N) is 4. The number of aryl methyl sites for hydroxylation is 1. The van der Waals surface area contributed by atoms with Crippen molar-refractivity contribution in [2.75, 3.05) is 64.3 Å². The van der Waals surface area contributed by atoms with Crippen LogP contribution in [0.4, 0.5) is 5.82 Å². The van der Waals surface area contributed by atoms with E-state index in [0.717, 1.165) is 108 Å². The van der Waals surface area contributed by atoms with E-state index >= 15 is 0 Å². The molecule has 4 rings (SSSR count). The third-order valence-electron chi connectivity index (χ3n) is 6.14. The maximum Gasteiger partial charge on any atom is 0.156 e. The van der Waals surface area contributed by atoms with E-state index in [4.69, 9.17) is 21.4 Å². The lowest BCUT2D eigenvalue weighted by Gasteiger charge is -2.29. The first-order chi connectivity index (χ1) is 14.7. The molecule has 0 saturated carbocycles. The number of rotatable bonds is 9. The van der Waals surface area contributed by atoms with Gasteiger partial charge in [-0.1, -0.05) is 0 Å². The molecule has 0 aliphatic carbocycles. The number of ether oxygens (including phenoxy) is 1. The third kappa shape index (κ3) is 5.78. The van der Waals surface area contributed by atoms with Gasteiger partial charge in [-0.3, -0.25) is 9.58 Å². The van der Waals surface area contributed by atoms with Crippen LogP contribution in [0.1, 0.15) is 25.7 Å². The minimum atomic E-state index is 0.280. The summed E-state index contributed by atoms with van der Waals surface area (Å²) in [6.07, 6.45) is 4.30. The smallest absolute Gasteiger partial charge is 0.156 e. The largest absolute Gasteiger partial charge is 0.508 e. The maximum absolute atomic E-state index is 9.97. The van der Waals surface area contributed by atoms with E-state index in [1.165, 1.54) is 0 Å². The molecule has 2 N–H and O–H groups in total. The highest BCUT2D eigenvalue weighted by molar-refractivity contribution is 6.20. The Morgan fingerprint density at radius 1 is 1.03 bits per heavy atom. The molecule has 1 aromatic heterocycles. The molecule has 0 radical (unpaired) electrons. The van der Waals surface area contributed by atoms with Crippen molar-refractivity contribution in [3.63, 3.8) is 0 Å². The zero-order valence-electron chi connectivity index (χ0n) is 17.7. The lowest BCUT2D eigenvalue weighted by atomic mass is 10.1. The van der Waals surface area contributed by atoms with E-state index in [1.54, 1.807) is 6.07 Å². The highest BCUT2D eigenvalue weighted by Crippen LogP contribution is 2.27. The van der Waals surface area contributed by atoms with Crippen LogP contribution >= 0.6 is 11.6 Å². The van der Waals surface area contributed by atoms with Gasteiger partial charge >= 0.3 is 0 Å². The summed E-state index contributed by atoms with van der Waals surface area (Å²) >= 11 is 6.20. The fraction of sp³-hybridized carbons (Fsp3) is 0.682. The van der Waals surface area contributed by atoms with Gasteiger partial charge in [0.05, 0.1) is 18.7 Å². The van der Waals surface area contributed by atoms with Crippen molar-refractivity contribution in [3.05, 3.63) is 18.2 Å². The van der Waals surface area contributed by atoms with Gasteiger partial charge in [0, 0.05) is 43.5 Å². The molecule has 0 amide bonds. The monoisotopic (exact) mass is 435 g/mol. The summed E-state index contributed by atoms with van der Waals surface area (Å²) in [4.78, 5) is 4.95. The number of nitrogens with one attached hydrogen (secondary N) is 1. The number of benzene rings is 1. The van der Waals surface area contributed by atoms with Crippen LogP contribution in [0.15, 0.2) is 18.2 Å². The molecule has 0 spiro atoms. The summed E-state index contributed by atoms with van der Waals surface area (Å²) in [5.74, 6) is 1.15. The average Bonchev–Trinajstić information content (AvgIpc) is 3.10. The van der Waals surface area contributed by atoms with Crippen molar-refractivity contribution in [1.29, 1.82) is 0 Å². The lowest BCUT2D eigenvalue weighted by molar-refractivity contribution is 0.0368. The number of halogens is 1. The van der Waals surface area contributed by atoms with Crippen LogP contribution in [0.3, 0.4) is 0 Å². The first-order valence-electron chi connectivity index (χ1n) is 11.3. The van der Waals surface area contributed by atoms with Gasteiger partial charge in [-0.05, 0) is 63.5 Å². The number of phenolic OH excluding ortho intramolecular Hbond substituents is 1. The highest BCUT2D eigenvalue weighted by atomic mass is 35.5. The summed E-state index contributed by atoms with van der Waals surface area (Å²) in [7, 11) is 0. The number of likely N-dealkylation sites (tertiary alicyclic amines) is 1. The fourth-order valence-corrected chi connectivity index (χ4v) is 4.57. The molecular formula is C22H34ClN5O2. The number of anilines is 1. The molecule has 8 heteroatoms. The zero-order valence-corrected chi connectivity index (χ0v) is 18.5. The van der Waals surface area contributed by atoms with Crippen LogP contribution in [0.2, 0.25) is 0 Å². The highest BCUT2D eigenvalue weighted by Gasteiger charge is 2.17. The van der Waals surface area contributed by atoms with E-state index < -0.39 is 0 Å². The Kier molecular flexibility index (Phi) is 7.71. The topological polar surface area (TPSA) is 65.8 Å². The minimum absolute atomic E-state index is 0.280. The number of alkyl halides is 1. The molecule has 3 heterocycles. The standard InChI is InChI=1S/C22H34ClN5O2/c23-18-5-11-26(12-6-18)8-1-7-24-22-20-17-19(29)3-4-21(20)28(25-22)10-2-9-27-13-15-30-16-14-27/h3-4,17-18,29H,1-2,5-16H2,(H,24,25). The molecule has 2 fully saturated rings. The first kappa shape index (κ1) is 21.7. The molecule has 30 heavy (non-hydrogen) atoms. The van der Waals surface area contributed by atoms with Gasteiger partial charge in [0.1, 0.15) is 5.75 Å². The Labute approximate surface area is 183 Å². The molecule has 166 valence electrons. The summed E-state index contributed by atoms with van der Waals surface area (Å²) < 4.78 is 7.50. The number of fused-ring (bicyclic) bond motifs is 1. The van der Waals surface area contributed by atoms with E-state index in [9.17, 15) is 5.11 Å². The minimum Gasteiger partial charge on any atom is -0.508 e. The van der Waals surface area contributed by atoms with Crippen molar-refractivity contribution >= 4 is 28.3 Å². The number of aromatic nitrogens is 2. The van der Waals surface area contributed by atoms with Gasteiger partial charge in [-0.25, -0.2) is 0 Å². The van der Waals surface area contributed by atoms with Gasteiger partial charge in [0.25, 0.3) is 0 Å². The van der Waals surface area contributed by atoms with Crippen LogP contribution in [-0.2, 0) is 11.3 Å². The number of aromatic hydroxyl groups is 1. The number of phenols is 1. The lowest BCUT2D eigenvalue weighted by Crippen LogP contribution is -2.37. The van der Waals surface area contributed by atoms with Crippen molar-refractivity contribution in [2.24, 2.45) is 0 Å². The van der Waals surface area contributed by atoms with Gasteiger partial charge < -0.3 is 20.1 Å². The molecule has 2 aliphatic rings. The van der Waals surface area contributed by atoms with Gasteiger partial charge in [-0.15, -0.1) is 11.6 Å². The normalized spacial score (nSPS) is 19.5. The first-order valence-corrected chi connectivity index (χ1v) is 11.7. The number of piperidine rings is 1. The molecule has 2 aliphatic heterocycles. The summed E-state index contributed by atoms with van der Waals surface area (Å²) in [6.45, 7) is 9.79. The second kappa shape index (κ2) is 10.7.